The fourth-order valence-electron chi connectivity index (χ4n) is 3.34. The van der Waals surface area contributed by atoms with Gasteiger partial charge in [0.2, 0.25) is 11.0 Å². The summed E-state index contributed by atoms with van der Waals surface area (Å²) in [5, 5.41) is 24.3. The maximum Gasteiger partial charge on any atom is 0.322 e. The molecule has 1 saturated heterocycles. The molecule has 10 heteroatoms. The highest BCUT2D eigenvalue weighted by atomic mass is 35.5. The van der Waals surface area contributed by atoms with Crippen molar-refractivity contribution in [3.8, 4) is 16.6 Å². The summed E-state index contributed by atoms with van der Waals surface area (Å²) in [6, 6.07) is 14.9. The number of carbonyl (C=O) groups excluding carboxylic acids is 2. The molecule has 1 atom stereocenters. The summed E-state index contributed by atoms with van der Waals surface area (Å²) < 4.78 is 0. The van der Waals surface area contributed by atoms with E-state index < -0.39 is 6.04 Å². The highest BCUT2D eigenvalue weighted by molar-refractivity contribution is 7.18. The Morgan fingerprint density at radius 2 is 2.00 bits per heavy atom. The number of rotatable bonds is 4. The zero-order valence-electron chi connectivity index (χ0n) is 16.2. The number of nitriles is 1. The monoisotopic (exact) mass is 452 g/mol. The molecule has 0 aliphatic carbocycles. The molecule has 3 aromatic rings. The quantitative estimate of drug-likeness (QED) is 0.610. The van der Waals surface area contributed by atoms with Gasteiger partial charge in [-0.2, -0.15) is 5.26 Å². The van der Waals surface area contributed by atoms with Crippen molar-refractivity contribution in [2.24, 2.45) is 0 Å². The third-order valence-corrected chi connectivity index (χ3v) is 5.91. The lowest BCUT2D eigenvalue weighted by Gasteiger charge is -2.23. The summed E-state index contributed by atoms with van der Waals surface area (Å²) in [5.74, 6) is -0.313. The molecule has 0 saturated carbocycles. The van der Waals surface area contributed by atoms with Gasteiger partial charge in [-0.15, -0.1) is 10.2 Å². The molecular weight excluding hydrogens is 436 g/mol. The van der Waals surface area contributed by atoms with E-state index in [-0.39, 0.29) is 11.9 Å². The van der Waals surface area contributed by atoms with Crippen LogP contribution >= 0.6 is 22.9 Å². The van der Waals surface area contributed by atoms with Gasteiger partial charge in [0.05, 0.1) is 11.6 Å². The van der Waals surface area contributed by atoms with Crippen LogP contribution in [-0.4, -0.2) is 39.6 Å². The number of hydrogen-bond donors (Lipinski definition) is 2. The molecule has 3 amide bonds. The number of carbonyl (C=O) groups is 2. The smallest absolute Gasteiger partial charge is 0.312 e. The van der Waals surface area contributed by atoms with Crippen molar-refractivity contribution in [1.29, 1.82) is 5.26 Å². The van der Waals surface area contributed by atoms with Crippen molar-refractivity contribution in [3.05, 3.63) is 59.1 Å². The van der Waals surface area contributed by atoms with Gasteiger partial charge >= 0.3 is 6.03 Å². The largest absolute Gasteiger partial charge is 0.322 e. The summed E-state index contributed by atoms with van der Waals surface area (Å²) in [4.78, 5) is 27.0. The van der Waals surface area contributed by atoms with Crippen LogP contribution in [-0.2, 0) is 4.79 Å². The number of nitrogens with one attached hydrogen (secondary N) is 2. The van der Waals surface area contributed by atoms with Gasteiger partial charge in [0.15, 0.2) is 0 Å². The number of halogens is 1. The highest BCUT2D eigenvalue weighted by Gasteiger charge is 2.34. The third kappa shape index (κ3) is 4.82. The predicted molar refractivity (Wildman–Crippen MR) is 119 cm³/mol. The molecule has 4 rings (SSSR count). The third-order valence-electron chi connectivity index (χ3n) is 4.79. The Hall–Kier alpha value is -3.48. The average molecular weight is 453 g/mol. The van der Waals surface area contributed by atoms with Gasteiger partial charge < -0.3 is 10.2 Å². The zero-order chi connectivity index (χ0) is 21.8. The van der Waals surface area contributed by atoms with Gasteiger partial charge in [-0.25, -0.2) is 4.79 Å². The van der Waals surface area contributed by atoms with E-state index >= 15 is 0 Å². The van der Waals surface area contributed by atoms with Crippen molar-refractivity contribution in [3.63, 3.8) is 0 Å². The van der Waals surface area contributed by atoms with Gasteiger partial charge in [0, 0.05) is 22.8 Å². The van der Waals surface area contributed by atoms with Crippen molar-refractivity contribution >= 4 is 45.7 Å². The normalized spacial score (nSPS) is 15.4. The molecule has 0 spiro atoms. The maximum absolute atomic E-state index is 12.8. The number of amides is 3. The number of benzene rings is 2. The van der Waals surface area contributed by atoms with Crippen LogP contribution in [0.15, 0.2) is 48.5 Å². The number of likely N-dealkylation sites (tertiary alicyclic amines) is 1. The van der Waals surface area contributed by atoms with Gasteiger partial charge in [-0.3, -0.25) is 10.1 Å². The first-order chi connectivity index (χ1) is 15.0. The lowest BCUT2D eigenvalue weighted by molar-refractivity contribution is -0.119. The first kappa shape index (κ1) is 20.8. The lowest BCUT2D eigenvalue weighted by atomic mass is 10.2. The van der Waals surface area contributed by atoms with Crippen LogP contribution in [0.25, 0.3) is 10.6 Å². The van der Waals surface area contributed by atoms with E-state index in [1.54, 1.807) is 36.4 Å². The summed E-state index contributed by atoms with van der Waals surface area (Å²) in [7, 11) is 0. The standard InChI is InChI=1S/C21H17ClN6O2S/c22-15-6-2-5-14(11-15)19-26-27-20(31-19)25-18(29)17-8-3-9-28(17)21(30)24-16-7-1-4-13(10-16)12-23/h1-2,4-7,10-11,17H,3,8-9H2,(H,24,30)(H,25,27,29). The van der Waals surface area contributed by atoms with E-state index in [2.05, 4.69) is 20.8 Å². The van der Waals surface area contributed by atoms with Crippen molar-refractivity contribution < 1.29 is 9.59 Å². The molecule has 156 valence electrons. The van der Waals surface area contributed by atoms with Crippen LogP contribution in [0.5, 0.6) is 0 Å². The molecule has 2 heterocycles. The van der Waals surface area contributed by atoms with E-state index in [0.29, 0.717) is 45.8 Å². The molecule has 31 heavy (non-hydrogen) atoms. The molecule has 1 aromatic heterocycles. The van der Waals surface area contributed by atoms with E-state index in [1.807, 2.05) is 18.2 Å². The van der Waals surface area contributed by atoms with Gasteiger partial charge in [-0.05, 0) is 43.2 Å². The summed E-state index contributed by atoms with van der Waals surface area (Å²) in [5.41, 5.74) is 1.76. The minimum atomic E-state index is -0.613. The van der Waals surface area contributed by atoms with Crippen molar-refractivity contribution in [2.75, 3.05) is 17.2 Å². The topological polar surface area (TPSA) is 111 Å². The molecule has 1 unspecified atom stereocenters. The van der Waals surface area contributed by atoms with E-state index in [1.165, 1.54) is 16.2 Å². The molecule has 2 N–H and O–H groups in total. The van der Waals surface area contributed by atoms with E-state index in [4.69, 9.17) is 16.9 Å². The number of hydrogen-bond acceptors (Lipinski definition) is 6. The van der Waals surface area contributed by atoms with Gasteiger partial charge in [0.25, 0.3) is 0 Å². The first-order valence-electron chi connectivity index (χ1n) is 9.51. The molecule has 1 aliphatic rings. The Morgan fingerprint density at radius 1 is 1.16 bits per heavy atom. The van der Waals surface area contributed by atoms with Crippen LogP contribution in [0, 0.1) is 11.3 Å². The molecule has 2 aromatic carbocycles. The Kier molecular flexibility index (Phi) is 6.11. The molecule has 1 aliphatic heterocycles. The second kappa shape index (κ2) is 9.12. The first-order valence-corrected chi connectivity index (χ1v) is 10.7. The minimum Gasteiger partial charge on any atom is -0.312 e. The minimum absolute atomic E-state index is 0.313. The average Bonchev–Trinajstić information content (AvgIpc) is 3.44. The summed E-state index contributed by atoms with van der Waals surface area (Å²) in [6.07, 6.45) is 1.27. The highest BCUT2D eigenvalue weighted by Crippen LogP contribution is 2.29. The molecule has 1 fully saturated rings. The fraction of sp³-hybridized carbons (Fsp3) is 0.190. The molecular formula is C21H17ClN6O2S. The van der Waals surface area contributed by atoms with Crippen LogP contribution < -0.4 is 10.6 Å². The van der Waals surface area contributed by atoms with Gasteiger partial charge in [0.1, 0.15) is 11.0 Å². The van der Waals surface area contributed by atoms with Crippen molar-refractivity contribution in [2.45, 2.75) is 18.9 Å². The van der Waals surface area contributed by atoms with Crippen LogP contribution in [0.3, 0.4) is 0 Å². The Balaban J connectivity index is 1.42. The van der Waals surface area contributed by atoms with E-state index in [9.17, 15) is 9.59 Å². The predicted octanol–water partition coefficient (Wildman–Crippen LogP) is 4.37. The number of urea groups is 1. The SMILES string of the molecule is N#Cc1cccc(NC(=O)N2CCCC2C(=O)Nc2nnc(-c3cccc(Cl)c3)s2)c1. The number of anilines is 2. The van der Waals surface area contributed by atoms with Crippen molar-refractivity contribution in [1.82, 2.24) is 15.1 Å². The molecule has 8 nitrogen and oxygen atoms in total. The Labute approximate surface area is 187 Å². The second-order valence-corrected chi connectivity index (χ2v) is 8.30. The maximum atomic E-state index is 12.8. The summed E-state index contributed by atoms with van der Waals surface area (Å²) >= 11 is 7.26. The Bertz CT molecular complexity index is 1170. The zero-order valence-corrected chi connectivity index (χ0v) is 17.8. The molecule has 0 bridgehead atoms. The number of nitrogens with zero attached hydrogens (tertiary/aromatic N) is 4. The van der Waals surface area contributed by atoms with Crippen LogP contribution in [0.4, 0.5) is 15.6 Å². The number of aromatic nitrogens is 2. The summed E-state index contributed by atoms with van der Waals surface area (Å²) in [6.45, 7) is 0.464. The van der Waals surface area contributed by atoms with Gasteiger partial charge in [-0.1, -0.05) is 41.1 Å². The molecule has 0 radical (unpaired) electrons. The van der Waals surface area contributed by atoms with Crippen LogP contribution in [0.1, 0.15) is 18.4 Å². The second-order valence-electron chi connectivity index (χ2n) is 6.89. The van der Waals surface area contributed by atoms with E-state index in [0.717, 1.165) is 5.56 Å². The Morgan fingerprint density at radius 3 is 2.81 bits per heavy atom. The fourth-order valence-corrected chi connectivity index (χ4v) is 4.28. The lowest BCUT2D eigenvalue weighted by Crippen LogP contribution is -2.45. The van der Waals surface area contributed by atoms with Crippen LogP contribution in [0.2, 0.25) is 5.02 Å².